The molecule has 0 aromatic carbocycles. The minimum absolute atomic E-state index is 0.125. The van der Waals surface area contributed by atoms with Crippen molar-refractivity contribution in [3.8, 4) is 0 Å². The first kappa shape index (κ1) is 20.6. The molecule has 0 aromatic rings. The average Bonchev–Trinajstić information content (AvgIpc) is 2.35. The van der Waals surface area contributed by atoms with Gasteiger partial charge in [-0.3, -0.25) is 0 Å². The lowest BCUT2D eigenvalue weighted by Crippen LogP contribution is -2.37. The van der Waals surface area contributed by atoms with E-state index in [0.717, 1.165) is 0 Å². The van der Waals surface area contributed by atoms with Gasteiger partial charge in [-0.1, -0.05) is 13.2 Å². The van der Waals surface area contributed by atoms with Crippen molar-refractivity contribution in [3.63, 3.8) is 0 Å². The van der Waals surface area contributed by atoms with Crippen LogP contribution in [0.1, 0.15) is 20.8 Å². The first-order chi connectivity index (χ1) is 9.07. The summed E-state index contributed by atoms with van der Waals surface area (Å²) in [5.41, 5.74) is 0.341. The van der Waals surface area contributed by atoms with Gasteiger partial charge in [-0.2, -0.15) is 0 Å². The van der Waals surface area contributed by atoms with Crippen molar-refractivity contribution in [2.24, 2.45) is 0 Å². The summed E-state index contributed by atoms with van der Waals surface area (Å²) in [5, 5.41) is 24.8. The second-order valence-electron chi connectivity index (χ2n) is 4.15. The number of aliphatic hydroxyl groups excluding tert-OH is 2. The van der Waals surface area contributed by atoms with Crippen LogP contribution >= 0.6 is 0 Å². The van der Waals surface area contributed by atoms with Crippen LogP contribution in [-0.4, -0.2) is 52.9 Å². The third kappa shape index (κ3) is 11.4. The fourth-order valence-corrected chi connectivity index (χ4v) is 0.639. The SMILES string of the molecule is C=C(C)C(=O)OCC(C)(O)OC(=O)C(=C)C.OCCO. The van der Waals surface area contributed by atoms with Gasteiger partial charge in [0.1, 0.15) is 0 Å². The summed E-state index contributed by atoms with van der Waals surface area (Å²) in [6.45, 7) is 10.1. The van der Waals surface area contributed by atoms with Crippen molar-refractivity contribution < 1.29 is 34.4 Å². The van der Waals surface area contributed by atoms with E-state index in [9.17, 15) is 14.7 Å². The zero-order valence-electron chi connectivity index (χ0n) is 12.0. The molecule has 0 fully saturated rings. The summed E-state index contributed by atoms with van der Waals surface area (Å²) in [7, 11) is 0. The van der Waals surface area contributed by atoms with Gasteiger partial charge in [0.2, 0.25) is 5.79 Å². The number of hydrogen-bond acceptors (Lipinski definition) is 7. The van der Waals surface area contributed by atoms with Gasteiger partial charge in [0.15, 0.2) is 6.61 Å². The van der Waals surface area contributed by atoms with Crippen molar-refractivity contribution in [2.45, 2.75) is 26.6 Å². The first-order valence-corrected chi connectivity index (χ1v) is 5.73. The van der Waals surface area contributed by atoms with Gasteiger partial charge in [0.25, 0.3) is 0 Å². The molecule has 0 aliphatic rings. The maximum Gasteiger partial charge on any atom is 0.335 e. The fourth-order valence-electron chi connectivity index (χ4n) is 0.639. The van der Waals surface area contributed by atoms with Crippen LogP contribution in [0.25, 0.3) is 0 Å². The van der Waals surface area contributed by atoms with Crippen LogP contribution in [0.4, 0.5) is 0 Å². The molecule has 1 unspecified atom stereocenters. The highest BCUT2D eigenvalue weighted by molar-refractivity contribution is 5.87. The predicted octanol–water partition coefficient (Wildman–Crippen LogP) is -0.0955. The first-order valence-electron chi connectivity index (χ1n) is 5.73. The third-order valence-electron chi connectivity index (χ3n) is 1.58. The van der Waals surface area contributed by atoms with E-state index in [0.29, 0.717) is 0 Å². The molecule has 0 rings (SSSR count). The van der Waals surface area contributed by atoms with E-state index in [1.165, 1.54) is 20.8 Å². The molecule has 0 saturated carbocycles. The van der Waals surface area contributed by atoms with Crippen LogP contribution in [0, 0.1) is 0 Å². The highest BCUT2D eigenvalue weighted by Crippen LogP contribution is 2.10. The monoisotopic (exact) mass is 290 g/mol. The summed E-state index contributed by atoms with van der Waals surface area (Å²) in [6, 6.07) is 0. The van der Waals surface area contributed by atoms with E-state index in [1.54, 1.807) is 0 Å². The smallest absolute Gasteiger partial charge is 0.335 e. The Kier molecular flexibility index (Phi) is 10.4. The lowest BCUT2D eigenvalue weighted by Gasteiger charge is -2.22. The number of esters is 2. The Hall–Kier alpha value is -1.70. The fraction of sp³-hybridized carbons (Fsp3) is 0.538. The molecule has 7 heteroatoms. The lowest BCUT2D eigenvalue weighted by atomic mass is 10.3. The molecule has 7 nitrogen and oxygen atoms in total. The van der Waals surface area contributed by atoms with Gasteiger partial charge in [-0.15, -0.1) is 0 Å². The van der Waals surface area contributed by atoms with Crippen LogP contribution in [-0.2, 0) is 19.1 Å². The number of carbonyl (C=O) groups is 2. The van der Waals surface area contributed by atoms with Crippen LogP contribution in [0.2, 0.25) is 0 Å². The molecule has 0 saturated heterocycles. The zero-order chi connectivity index (χ0) is 16.3. The maximum absolute atomic E-state index is 11.1. The molecule has 0 bridgehead atoms. The van der Waals surface area contributed by atoms with E-state index in [4.69, 9.17) is 10.2 Å². The van der Waals surface area contributed by atoms with Crippen LogP contribution in [0.3, 0.4) is 0 Å². The predicted molar refractivity (Wildman–Crippen MR) is 71.5 cm³/mol. The van der Waals surface area contributed by atoms with Crippen molar-refractivity contribution in [1.82, 2.24) is 0 Å². The quantitative estimate of drug-likeness (QED) is 0.356. The highest BCUT2D eigenvalue weighted by atomic mass is 16.7. The Balaban J connectivity index is 0. The summed E-state index contributed by atoms with van der Waals surface area (Å²) in [4.78, 5) is 22.1. The van der Waals surface area contributed by atoms with Crippen LogP contribution < -0.4 is 0 Å². The molecule has 20 heavy (non-hydrogen) atoms. The average molecular weight is 290 g/mol. The second-order valence-corrected chi connectivity index (χ2v) is 4.15. The molecule has 0 amide bonds. The third-order valence-corrected chi connectivity index (χ3v) is 1.58. The normalized spacial score (nSPS) is 12.3. The van der Waals surface area contributed by atoms with Crippen molar-refractivity contribution in [3.05, 3.63) is 24.3 Å². The number of aliphatic hydroxyl groups is 3. The number of carbonyl (C=O) groups excluding carboxylic acids is 2. The maximum atomic E-state index is 11.1. The molecule has 3 N–H and O–H groups in total. The lowest BCUT2D eigenvalue weighted by molar-refractivity contribution is -0.216. The topological polar surface area (TPSA) is 113 Å². The molecule has 0 aromatic heterocycles. The molecule has 0 aliphatic carbocycles. The minimum atomic E-state index is -1.87. The van der Waals surface area contributed by atoms with Crippen LogP contribution in [0.5, 0.6) is 0 Å². The molecule has 116 valence electrons. The number of ether oxygens (including phenoxy) is 2. The molecule has 0 aliphatic heterocycles. The Labute approximate surface area is 118 Å². The largest absolute Gasteiger partial charge is 0.455 e. The van der Waals surface area contributed by atoms with Gasteiger partial charge in [0.05, 0.1) is 13.2 Å². The Bertz CT molecular complexity index is 356. The molecule has 0 spiro atoms. The summed E-state index contributed by atoms with van der Waals surface area (Å²) < 4.78 is 9.29. The van der Waals surface area contributed by atoms with E-state index in [2.05, 4.69) is 22.6 Å². The van der Waals surface area contributed by atoms with Crippen molar-refractivity contribution >= 4 is 11.9 Å². The summed E-state index contributed by atoms with van der Waals surface area (Å²) in [6.07, 6.45) is 0. The van der Waals surface area contributed by atoms with E-state index in [-0.39, 0.29) is 24.4 Å². The van der Waals surface area contributed by atoms with Gasteiger partial charge in [-0.25, -0.2) is 9.59 Å². The van der Waals surface area contributed by atoms with E-state index < -0.39 is 24.3 Å². The molecule has 0 heterocycles. The van der Waals surface area contributed by atoms with Gasteiger partial charge in [-0.05, 0) is 13.8 Å². The Morgan fingerprint density at radius 3 is 1.75 bits per heavy atom. The molecular formula is C13H22O7. The van der Waals surface area contributed by atoms with Gasteiger partial charge >= 0.3 is 11.9 Å². The molecule has 1 atom stereocenters. The van der Waals surface area contributed by atoms with E-state index in [1.807, 2.05) is 0 Å². The van der Waals surface area contributed by atoms with Crippen LogP contribution in [0.15, 0.2) is 24.3 Å². The number of rotatable bonds is 6. The zero-order valence-corrected chi connectivity index (χ0v) is 12.0. The summed E-state index contributed by atoms with van der Waals surface area (Å²) >= 11 is 0. The minimum Gasteiger partial charge on any atom is -0.455 e. The molecule has 0 radical (unpaired) electrons. The van der Waals surface area contributed by atoms with Crippen molar-refractivity contribution in [2.75, 3.05) is 19.8 Å². The Morgan fingerprint density at radius 1 is 1.05 bits per heavy atom. The van der Waals surface area contributed by atoms with E-state index >= 15 is 0 Å². The molecular weight excluding hydrogens is 268 g/mol. The second kappa shape index (κ2) is 10.1. The number of hydrogen-bond donors (Lipinski definition) is 3. The highest BCUT2D eigenvalue weighted by Gasteiger charge is 2.27. The summed E-state index contributed by atoms with van der Waals surface area (Å²) in [5.74, 6) is -3.29. The van der Waals surface area contributed by atoms with Crippen molar-refractivity contribution in [1.29, 1.82) is 0 Å². The Morgan fingerprint density at radius 2 is 1.45 bits per heavy atom. The van der Waals surface area contributed by atoms with Gasteiger partial charge < -0.3 is 24.8 Å². The standard InChI is InChI=1S/C11H16O5.C2H6O2/c1-7(2)9(12)15-6-11(5,14)16-10(13)8(3)4;3-1-2-4/h14H,1,3,6H2,2,4-5H3;3-4H,1-2H2. The van der Waals surface area contributed by atoms with Gasteiger partial charge in [0, 0.05) is 18.1 Å².